The van der Waals surface area contributed by atoms with Crippen molar-refractivity contribution in [2.24, 2.45) is 17.6 Å². The van der Waals surface area contributed by atoms with Crippen molar-refractivity contribution in [3.8, 4) is 0 Å². The Hall–Kier alpha value is -0.810. The maximum atomic E-state index is 12.3. The number of hydrogen-bond acceptors (Lipinski definition) is 3. The van der Waals surface area contributed by atoms with Crippen LogP contribution in [0.5, 0.6) is 0 Å². The Morgan fingerprint density at radius 3 is 2.57 bits per heavy atom. The summed E-state index contributed by atoms with van der Waals surface area (Å²) in [7, 11) is 0. The molecule has 1 aliphatic rings. The third kappa shape index (κ3) is 5.83. The molecule has 1 saturated heterocycles. The van der Waals surface area contributed by atoms with E-state index in [1.165, 1.54) is 0 Å². The highest BCUT2D eigenvalue weighted by atomic mass is 35.5. The fraction of sp³-hybridized carbons (Fsp3) is 0.867. The van der Waals surface area contributed by atoms with Gasteiger partial charge in [0, 0.05) is 31.1 Å². The Morgan fingerprint density at radius 1 is 1.43 bits per heavy atom. The molecule has 0 spiro atoms. The summed E-state index contributed by atoms with van der Waals surface area (Å²) in [6.45, 7) is 9.50. The molecule has 0 radical (unpaired) electrons. The quantitative estimate of drug-likeness (QED) is 0.807. The minimum atomic E-state index is -0.389. The monoisotopic (exact) mass is 319 g/mol. The van der Waals surface area contributed by atoms with Crippen LogP contribution in [0.25, 0.3) is 0 Å². The summed E-state index contributed by atoms with van der Waals surface area (Å²) in [5.74, 6) is 0.116. The van der Waals surface area contributed by atoms with Gasteiger partial charge < -0.3 is 16.0 Å². The van der Waals surface area contributed by atoms with E-state index in [0.717, 1.165) is 25.8 Å². The lowest BCUT2D eigenvalue weighted by molar-refractivity contribution is -0.139. The molecule has 1 heterocycles. The molecule has 6 heteroatoms. The van der Waals surface area contributed by atoms with E-state index in [0.29, 0.717) is 13.1 Å². The van der Waals surface area contributed by atoms with Crippen LogP contribution in [-0.2, 0) is 9.59 Å². The van der Waals surface area contributed by atoms with Crippen LogP contribution in [0.4, 0.5) is 0 Å². The number of piperidine rings is 1. The average Bonchev–Trinajstić information content (AvgIpc) is 2.45. The molecule has 1 fully saturated rings. The van der Waals surface area contributed by atoms with Gasteiger partial charge in [0.2, 0.25) is 11.8 Å². The van der Waals surface area contributed by atoms with Crippen molar-refractivity contribution in [2.45, 2.75) is 52.5 Å². The first-order chi connectivity index (χ1) is 9.30. The van der Waals surface area contributed by atoms with Crippen molar-refractivity contribution in [2.75, 3.05) is 19.6 Å². The zero-order chi connectivity index (χ0) is 15.3. The van der Waals surface area contributed by atoms with Crippen molar-refractivity contribution in [1.29, 1.82) is 0 Å². The van der Waals surface area contributed by atoms with Crippen LogP contribution in [0.15, 0.2) is 0 Å². The number of likely N-dealkylation sites (tertiary alicyclic amines) is 1. The molecular weight excluding hydrogens is 290 g/mol. The predicted octanol–water partition coefficient (Wildman–Crippen LogP) is 1.55. The summed E-state index contributed by atoms with van der Waals surface area (Å²) in [5, 5.41) is 2.98. The second kappa shape index (κ2) is 8.59. The normalized spacial score (nSPS) is 20.4. The minimum Gasteiger partial charge on any atom is -0.350 e. The highest BCUT2D eigenvalue weighted by Gasteiger charge is 2.31. The van der Waals surface area contributed by atoms with Crippen molar-refractivity contribution in [1.82, 2.24) is 10.2 Å². The van der Waals surface area contributed by atoms with Crippen molar-refractivity contribution in [3.63, 3.8) is 0 Å². The van der Waals surface area contributed by atoms with E-state index in [2.05, 4.69) is 5.32 Å². The van der Waals surface area contributed by atoms with E-state index in [-0.39, 0.29) is 41.6 Å². The fourth-order valence-electron chi connectivity index (χ4n) is 2.36. The number of nitrogens with two attached hydrogens (primary N) is 1. The summed E-state index contributed by atoms with van der Waals surface area (Å²) in [6.07, 6.45) is 2.58. The van der Waals surface area contributed by atoms with Crippen LogP contribution < -0.4 is 11.1 Å². The largest absolute Gasteiger partial charge is 0.350 e. The van der Waals surface area contributed by atoms with E-state index in [1.54, 1.807) is 0 Å². The van der Waals surface area contributed by atoms with Gasteiger partial charge in [0.05, 0.1) is 5.92 Å². The molecule has 124 valence electrons. The van der Waals surface area contributed by atoms with Crippen LogP contribution in [0.2, 0.25) is 0 Å². The summed E-state index contributed by atoms with van der Waals surface area (Å²) in [6, 6.07) is 0. The third-order valence-electron chi connectivity index (χ3n) is 4.11. The van der Waals surface area contributed by atoms with Crippen molar-refractivity contribution >= 4 is 24.2 Å². The lowest BCUT2D eigenvalue weighted by Gasteiger charge is -2.35. The second-order valence-electron chi connectivity index (χ2n) is 6.51. The SMILES string of the molecule is CCC(C)C(=O)N1CCCC(C(=O)NC(C)(C)CN)C1.Cl. The Labute approximate surface area is 134 Å². The molecule has 5 nitrogen and oxygen atoms in total. The number of nitrogens with one attached hydrogen (secondary N) is 1. The van der Waals surface area contributed by atoms with Crippen LogP contribution in [0.1, 0.15) is 47.0 Å². The topological polar surface area (TPSA) is 75.4 Å². The Bertz CT molecular complexity index is 361. The maximum absolute atomic E-state index is 12.3. The number of carbonyl (C=O) groups excluding carboxylic acids is 2. The van der Waals surface area contributed by atoms with E-state index < -0.39 is 0 Å². The first kappa shape index (κ1) is 20.2. The molecule has 1 rings (SSSR count). The van der Waals surface area contributed by atoms with Crippen LogP contribution in [-0.4, -0.2) is 41.9 Å². The van der Waals surface area contributed by atoms with E-state index in [4.69, 9.17) is 5.73 Å². The lowest BCUT2D eigenvalue weighted by Crippen LogP contribution is -2.54. The molecule has 1 aliphatic heterocycles. The van der Waals surface area contributed by atoms with E-state index >= 15 is 0 Å². The number of carbonyl (C=O) groups is 2. The fourth-order valence-corrected chi connectivity index (χ4v) is 2.36. The molecule has 2 atom stereocenters. The van der Waals surface area contributed by atoms with E-state index in [9.17, 15) is 9.59 Å². The van der Waals surface area contributed by atoms with Gasteiger partial charge in [0.15, 0.2) is 0 Å². The number of halogens is 1. The Kier molecular flexibility index (Phi) is 8.26. The Balaban J connectivity index is 0.00000400. The van der Waals surface area contributed by atoms with Crippen LogP contribution in [0.3, 0.4) is 0 Å². The second-order valence-corrected chi connectivity index (χ2v) is 6.51. The van der Waals surface area contributed by atoms with Crippen LogP contribution in [0, 0.1) is 11.8 Å². The van der Waals surface area contributed by atoms with Crippen LogP contribution >= 0.6 is 12.4 Å². The summed E-state index contributed by atoms with van der Waals surface area (Å²) in [4.78, 5) is 26.3. The molecule has 0 aromatic carbocycles. The molecule has 0 bridgehead atoms. The summed E-state index contributed by atoms with van der Waals surface area (Å²) in [5.41, 5.74) is 5.25. The number of amides is 2. The van der Waals surface area contributed by atoms with Gasteiger partial charge in [-0.05, 0) is 33.1 Å². The zero-order valence-corrected chi connectivity index (χ0v) is 14.5. The minimum absolute atomic E-state index is 0. The molecule has 0 aliphatic carbocycles. The van der Waals surface area contributed by atoms with Crippen molar-refractivity contribution < 1.29 is 9.59 Å². The van der Waals surface area contributed by atoms with Gasteiger partial charge in [0.1, 0.15) is 0 Å². The molecule has 3 N–H and O–H groups in total. The third-order valence-corrected chi connectivity index (χ3v) is 4.11. The maximum Gasteiger partial charge on any atom is 0.225 e. The van der Waals surface area contributed by atoms with Gasteiger partial charge in [-0.3, -0.25) is 9.59 Å². The van der Waals surface area contributed by atoms with Gasteiger partial charge >= 0.3 is 0 Å². The first-order valence-electron chi connectivity index (χ1n) is 7.61. The lowest BCUT2D eigenvalue weighted by atomic mass is 9.94. The molecule has 2 amide bonds. The molecule has 2 unspecified atom stereocenters. The highest BCUT2D eigenvalue weighted by molar-refractivity contribution is 5.85. The number of nitrogens with zero attached hydrogens (tertiary/aromatic N) is 1. The van der Waals surface area contributed by atoms with Gasteiger partial charge in [-0.2, -0.15) is 0 Å². The smallest absolute Gasteiger partial charge is 0.225 e. The molecule has 0 aromatic heterocycles. The van der Waals surface area contributed by atoms with Gasteiger partial charge in [0.25, 0.3) is 0 Å². The first-order valence-corrected chi connectivity index (χ1v) is 7.61. The molecule has 0 saturated carbocycles. The number of rotatable bonds is 5. The van der Waals surface area contributed by atoms with Gasteiger partial charge in [-0.25, -0.2) is 0 Å². The molecule has 0 aromatic rings. The molecule has 21 heavy (non-hydrogen) atoms. The predicted molar refractivity (Wildman–Crippen MR) is 87.3 cm³/mol. The van der Waals surface area contributed by atoms with Gasteiger partial charge in [-0.15, -0.1) is 12.4 Å². The average molecular weight is 320 g/mol. The van der Waals surface area contributed by atoms with E-state index in [1.807, 2.05) is 32.6 Å². The summed E-state index contributed by atoms with van der Waals surface area (Å²) < 4.78 is 0. The zero-order valence-electron chi connectivity index (χ0n) is 13.6. The van der Waals surface area contributed by atoms with Crippen molar-refractivity contribution in [3.05, 3.63) is 0 Å². The highest BCUT2D eigenvalue weighted by Crippen LogP contribution is 2.20. The van der Waals surface area contributed by atoms with Gasteiger partial charge in [-0.1, -0.05) is 13.8 Å². The number of hydrogen-bond donors (Lipinski definition) is 2. The summed E-state index contributed by atoms with van der Waals surface area (Å²) >= 11 is 0. The standard InChI is InChI=1S/C15H29N3O2.ClH/c1-5-11(2)14(20)18-8-6-7-12(9-18)13(19)17-15(3,4)10-16;/h11-12H,5-10,16H2,1-4H3,(H,17,19);1H. The molecular formula is C15H30ClN3O2. The Morgan fingerprint density at radius 2 is 2.05 bits per heavy atom.